The van der Waals surface area contributed by atoms with Crippen molar-refractivity contribution in [2.75, 3.05) is 12.4 Å². The van der Waals surface area contributed by atoms with Crippen LogP contribution in [0.3, 0.4) is 0 Å². The van der Waals surface area contributed by atoms with Crippen LogP contribution in [0.25, 0.3) is 0 Å². The number of anilines is 1. The zero-order valence-corrected chi connectivity index (χ0v) is 12.8. The van der Waals surface area contributed by atoms with Crippen LogP contribution < -0.4 is 15.2 Å². The molecule has 112 valence electrons. The molecule has 0 radical (unpaired) electrons. The number of para-hydroxylation sites is 1. The van der Waals surface area contributed by atoms with E-state index in [4.69, 9.17) is 9.88 Å². The molecule has 5 nitrogen and oxygen atoms in total. The molecule has 0 saturated heterocycles. The summed E-state index contributed by atoms with van der Waals surface area (Å²) in [5.41, 5.74) is 2.30. The zero-order chi connectivity index (χ0) is 15.5. The zero-order valence-electron chi connectivity index (χ0n) is 12.0. The van der Waals surface area contributed by atoms with Gasteiger partial charge in [0.25, 0.3) is 0 Å². The maximum atomic E-state index is 11.5. The number of sulfonamides is 1. The first-order valence-electron chi connectivity index (χ1n) is 6.41. The maximum Gasteiger partial charge on any atom is 0.238 e. The summed E-state index contributed by atoms with van der Waals surface area (Å²) in [6.45, 7) is 2.24. The first-order valence-corrected chi connectivity index (χ1v) is 7.95. The molecule has 0 aliphatic heterocycles. The third-order valence-corrected chi connectivity index (χ3v) is 4.22. The minimum atomic E-state index is -3.72. The molecule has 0 aromatic heterocycles. The SMILES string of the molecule is COc1ccccc1CNc1ccc(C)c(S(N)(=O)=O)c1. The van der Waals surface area contributed by atoms with E-state index in [1.807, 2.05) is 30.3 Å². The average molecular weight is 306 g/mol. The Hall–Kier alpha value is -2.05. The summed E-state index contributed by atoms with van der Waals surface area (Å²) in [4.78, 5) is 0.132. The van der Waals surface area contributed by atoms with Crippen LogP contribution in [0.4, 0.5) is 5.69 Å². The van der Waals surface area contributed by atoms with Crippen LogP contribution in [0.1, 0.15) is 11.1 Å². The Labute approximate surface area is 124 Å². The Kier molecular flexibility index (Phi) is 4.50. The Bertz CT molecular complexity index is 742. The first kappa shape index (κ1) is 15.3. The number of hydrogen-bond acceptors (Lipinski definition) is 4. The Morgan fingerprint density at radius 1 is 1.19 bits per heavy atom. The average Bonchev–Trinajstić information content (AvgIpc) is 2.45. The minimum Gasteiger partial charge on any atom is -0.496 e. The fourth-order valence-corrected chi connectivity index (χ4v) is 2.87. The van der Waals surface area contributed by atoms with Crippen molar-refractivity contribution in [3.8, 4) is 5.75 Å². The molecule has 0 bridgehead atoms. The minimum absolute atomic E-state index is 0.132. The number of nitrogens with one attached hydrogen (secondary N) is 1. The Morgan fingerprint density at radius 2 is 1.90 bits per heavy atom. The summed E-state index contributed by atoms with van der Waals surface area (Å²) >= 11 is 0. The van der Waals surface area contributed by atoms with Crippen molar-refractivity contribution in [3.05, 3.63) is 53.6 Å². The summed E-state index contributed by atoms with van der Waals surface area (Å²) in [6, 6.07) is 12.7. The van der Waals surface area contributed by atoms with Gasteiger partial charge in [-0.15, -0.1) is 0 Å². The number of primary sulfonamides is 1. The van der Waals surface area contributed by atoms with Gasteiger partial charge in [-0.05, 0) is 30.7 Å². The highest BCUT2D eigenvalue weighted by molar-refractivity contribution is 7.89. The fraction of sp³-hybridized carbons (Fsp3) is 0.200. The number of methoxy groups -OCH3 is 1. The molecule has 0 fully saturated rings. The van der Waals surface area contributed by atoms with E-state index in [0.717, 1.165) is 11.3 Å². The van der Waals surface area contributed by atoms with Crippen LogP contribution in [0.15, 0.2) is 47.4 Å². The van der Waals surface area contributed by atoms with Gasteiger partial charge in [0.2, 0.25) is 10.0 Å². The van der Waals surface area contributed by atoms with Gasteiger partial charge in [-0.2, -0.15) is 0 Å². The second-order valence-electron chi connectivity index (χ2n) is 4.69. The van der Waals surface area contributed by atoms with E-state index in [2.05, 4.69) is 5.32 Å². The molecule has 0 aliphatic rings. The number of rotatable bonds is 5. The van der Waals surface area contributed by atoms with Gasteiger partial charge in [0.15, 0.2) is 0 Å². The van der Waals surface area contributed by atoms with Crippen LogP contribution in [-0.4, -0.2) is 15.5 Å². The van der Waals surface area contributed by atoms with Crippen molar-refractivity contribution >= 4 is 15.7 Å². The molecule has 0 atom stereocenters. The normalized spacial score (nSPS) is 11.2. The summed E-state index contributed by atoms with van der Waals surface area (Å²) < 4.78 is 28.3. The smallest absolute Gasteiger partial charge is 0.238 e. The number of nitrogens with two attached hydrogens (primary N) is 1. The number of hydrogen-bond donors (Lipinski definition) is 2. The van der Waals surface area contributed by atoms with E-state index < -0.39 is 10.0 Å². The van der Waals surface area contributed by atoms with Gasteiger partial charge in [0, 0.05) is 17.8 Å². The largest absolute Gasteiger partial charge is 0.496 e. The Morgan fingerprint density at radius 3 is 2.57 bits per heavy atom. The topological polar surface area (TPSA) is 81.4 Å². The van der Waals surface area contributed by atoms with Crippen molar-refractivity contribution in [3.63, 3.8) is 0 Å². The highest BCUT2D eigenvalue weighted by atomic mass is 32.2. The molecule has 3 N–H and O–H groups in total. The van der Waals surface area contributed by atoms with E-state index in [9.17, 15) is 8.42 Å². The molecule has 0 spiro atoms. The van der Waals surface area contributed by atoms with Crippen LogP contribution in [0.5, 0.6) is 5.75 Å². The van der Waals surface area contributed by atoms with Crippen molar-refractivity contribution in [1.29, 1.82) is 0 Å². The molecule has 2 aromatic rings. The Balaban J connectivity index is 2.21. The molecular weight excluding hydrogens is 288 g/mol. The van der Waals surface area contributed by atoms with Gasteiger partial charge < -0.3 is 10.1 Å². The van der Waals surface area contributed by atoms with Gasteiger partial charge in [0.1, 0.15) is 5.75 Å². The quantitative estimate of drug-likeness (QED) is 0.888. The van der Waals surface area contributed by atoms with Gasteiger partial charge in [-0.25, -0.2) is 13.6 Å². The molecule has 0 saturated carbocycles. The molecule has 0 aliphatic carbocycles. The second kappa shape index (κ2) is 6.15. The maximum absolute atomic E-state index is 11.5. The van der Waals surface area contributed by atoms with Crippen molar-refractivity contribution in [2.24, 2.45) is 5.14 Å². The highest BCUT2D eigenvalue weighted by Gasteiger charge is 2.12. The molecule has 6 heteroatoms. The summed E-state index contributed by atoms with van der Waals surface area (Å²) in [5, 5.41) is 8.38. The van der Waals surface area contributed by atoms with Crippen LogP contribution in [0.2, 0.25) is 0 Å². The van der Waals surface area contributed by atoms with Gasteiger partial charge in [-0.3, -0.25) is 0 Å². The van der Waals surface area contributed by atoms with E-state index in [-0.39, 0.29) is 4.90 Å². The number of aryl methyl sites for hydroxylation is 1. The van der Waals surface area contributed by atoms with Gasteiger partial charge >= 0.3 is 0 Å². The first-order chi connectivity index (χ1) is 9.91. The third-order valence-electron chi connectivity index (χ3n) is 3.17. The predicted octanol–water partition coefficient (Wildman–Crippen LogP) is 2.26. The molecule has 0 amide bonds. The molecular formula is C15H18N2O3S. The third kappa shape index (κ3) is 3.74. The standard InChI is InChI=1S/C15H18N2O3S/c1-11-7-8-13(9-15(11)21(16,18)19)17-10-12-5-3-4-6-14(12)20-2/h3-9,17H,10H2,1-2H3,(H2,16,18,19). The lowest BCUT2D eigenvalue weighted by molar-refractivity contribution is 0.410. The van der Waals surface area contributed by atoms with Crippen molar-refractivity contribution in [1.82, 2.24) is 0 Å². The lowest BCUT2D eigenvalue weighted by Gasteiger charge is -2.12. The van der Waals surface area contributed by atoms with Crippen LogP contribution in [0, 0.1) is 6.92 Å². The molecule has 2 rings (SSSR count). The van der Waals surface area contributed by atoms with Crippen LogP contribution >= 0.6 is 0 Å². The summed E-state index contributed by atoms with van der Waals surface area (Å²) in [7, 11) is -2.10. The van der Waals surface area contributed by atoms with E-state index in [1.165, 1.54) is 0 Å². The highest BCUT2D eigenvalue weighted by Crippen LogP contribution is 2.22. The lowest BCUT2D eigenvalue weighted by Crippen LogP contribution is -2.14. The molecule has 0 heterocycles. The fourth-order valence-electron chi connectivity index (χ4n) is 2.06. The second-order valence-corrected chi connectivity index (χ2v) is 6.22. The molecule has 21 heavy (non-hydrogen) atoms. The van der Waals surface area contributed by atoms with E-state index in [1.54, 1.807) is 26.2 Å². The lowest BCUT2D eigenvalue weighted by atomic mass is 10.2. The summed E-state index contributed by atoms with van der Waals surface area (Å²) in [6.07, 6.45) is 0. The van der Waals surface area contributed by atoms with E-state index in [0.29, 0.717) is 17.8 Å². The molecule has 2 aromatic carbocycles. The van der Waals surface area contributed by atoms with Crippen molar-refractivity contribution < 1.29 is 13.2 Å². The summed E-state index contributed by atoms with van der Waals surface area (Å²) in [5.74, 6) is 0.781. The van der Waals surface area contributed by atoms with Gasteiger partial charge in [0.05, 0.1) is 12.0 Å². The van der Waals surface area contributed by atoms with Gasteiger partial charge in [-0.1, -0.05) is 24.3 Å². The monoisotopic (exact) mass is 306 g/mol. The number of benzene rings is 2. The van der Waals surface area contributed by atoms with E-state index >= 15 is 0 Å². The molecule has 0 unspecified atom stereocenters. The van der Waals surface area contributed by atoms with Crippen molar-refractivity contribution in [2.45, 2.75) is 18.4 Å². The van der Waals surface area contributed by atoms with Crippen LogP contribution in [-0.2, 0) is 16.6 Å². The predicted molar refractivity (Wildman–Crippen MR) is 82.9 cm³/mol. The number of ether oxygens (including phenoxy) is 1.